The molecule has 160 valence electrons. The Kier molecular flexibility index (Phi) is 5.29. The third-order valence-corrected chi connectivity index (χ3v) is 10.0. The highest BCUT2D eigenvalue weighted by Gasteiger charge is 2.66. The number of anilines is 1. The van der Waals surface area contributed by atoms with Gasteiger partial charge in [0.2, 0.25) is 17.6 Å². The van der Waals surface area contributed by atoms with Gasteiger partial charge in [0.1, 0.15) is 5.75 Å². The lowest BCUT2D eigenvalue weighted by Gasteiger charge is -2.28. The Hall–Kier alpha value is -1.99. The van der Waals surface area contributed by atoms with Crippen LogP contribution in [0.4, 0.5) is 5.69 Å². The van der Waals surface area contributed by atoms with Crippen LogP contribution in [0, 0.1) is 23.7 Å². The van der Waals surface area contributed by atoms with Crippen LogP contribution < -0.4 is 9.64 Å². The molecule has 0 unspecified atom stereocenters. The van der Waals surface area contributed by atoms with Crippen LogP contribution in [0.3, 0.4) is 0 Å². The lowest BCUT2D eigenvalue weighted by Crippen LogP contribution is -2.37. The van der Waals surface area contributed by atoms with Crippen molar-refractivity contribution in [3.63, 3.8) is 0 Å². The Labute approximate surface area is 197 Å². The highest BCUT2D eigenvalue weighted by Crippen LogP contribution is 2.60. The molecule has 2 aromatic carbocycles. The van der Waals surface area contributed by atoms with Crippen molar-refractivity contribution in [3.8, 4) is 5.75 Å². The lowest BCUT2D eigenvalue weighted by molar-refractivity contribution is -0.123. The van der Waals surface area contributed by atoms with Crippen molar-refractivity contribution in [2.45, 2.75) is 29.1 Å². The van der Waals surface area contributed by atoms with Gasteiger partial charge < -0.3 is 4.74 Å². The predicted molar refractivity (Wildman–Crippen MR) is 124 cm³/mol. The van der Waals surface area contributed by atoms with E-state index in [1.54, 1.807) is 43.3 Å². The molecular formula is C24H21Br2NO4. The van der Waals surface area contributed by atoms with E-state index in [1.165, 1.54) is 4.90 Å². The molecule has 2 bridgehead atoms. The molecule has 5 nitrogen and oxygen atoms in total. The summed E-state index contributed by atoms with van der Waals surface area (Å²) in [5.41, 5.74) is 1.07. The fraction of sp³-hybridized carbons (Fsp3) is 0.375. The summed E-state index contributed by atoms with van der Waals surface area (Å²) in [4.78, 5) is 40.8. The molecule has 3 aliphatic rings. The molecule has 1 aliphatic heterocycles. The normalized spacial score (nSPS) is 32.3. The third-order valence-electron chi connectivity index (χ3n) is 6.80. The van der Waals surface area contributed by atoms with Gasteiger partial charge in [-0.1, -0.05) is 68.3 Å². The smallest absolute Gasteiger partial charge is 0.238 e. The van der Waals surface area contributed by atoms with E-state index in [0.717, 1.165) is 6.42 Å². The van der Waals surface area contributed by atoms with Crippen molar-refractivity contribution < 1.29 is 19.1 Å². The fourth-order valence-corrected chi connectivity index (χ4v) is 7.27. The average Bonchev–Trinajstić information content (AvgIpc) is 3.38. The van der Waals surface area contributed by atoms with Crippen LogP contribution >= 0.6 is 31.9 Å². The molecule has 0 radical (unpaired) electrons. The Morgan fingerprint density at radius 1 is 0.968 bits per heavy atom. The molecule has 7 atom stereocenters. The first-order chi connectivity index (χ1) is 14.9. The number of benzene rings is 2. The monoisotopic (exact) mass is 545 g/mol. The van der Waals surface area contributed by atoms with Crippen molar-refractivity contribution in [1.82, 2.24) is 0 Å². The molecule has 2 aromatic rings. The van der Waals surface area contributed by atoms with E-state index < -0.39 is 6.10 Å². The van der Waals surface area contributed by atoms with Crippen molar-refractivity contribution >= 4 is 55.1 Å². The largest absolute Gasteiger partial charge is 0.482 e. The summed E-state index contributed by atoms with van der Waals surface area (Å²) in [7, 11) is 0. The molecule has 0 aromatic heterocycles. The van der Waals surface area contributed by atoms with Crippen molar-refractivity contribution in [1.29, 1.82) is 0 Å². The minimum Gasteiger partial charge on any atom is -0.482 e. The molecule has 7 heteroatoms. The average molecular weight is 547 g/mol. The number of ketones is 1. The molecule has 1 heterocycles. The standard InChI is InChI=1S/C24H21Br2NO4/c1-12(22(28)13-6-3-2-4-7-13)31-15-9-5-8-14(10-15)27-23(29)18-16-11-17(19(18)24(27)30)21(26)20(16)25/h2-10,12,16-21H,11H2,1H3/t12-,16+,17+,18+,19+,20-,21+/m1/s1. The van der Waals surface area contributed by atoms with Gasteiger partial charge in [0.25, 0.3) is 0 Å². The highest BCUT2D eigenvalue weighted by atomic mass is 79.9. The Morgan fingerprint density at radius 3 is 2.19 bits per heavy atom. The molecule has 2 aliphatic carbocycles. The summed E-state index contributed by atoms with van der Waals surface area (Å²) < 4.78 is 5.87. The van der Waals surface area contributed by atoms with E-state index >= 15 is 0 Å². The Morgan fingerprint density at radius 2 is 1.58 bits per heavy atom. The highest BCUT2D eigenvalue weighted by molar-refractivity contribution is 9.12. The zero-order valence-corrected chi connectivity index (χ0v) is 20.0. The maximum absolute atomic E-state index is 13.2. The summed E-state index contributed by atoms with van der Waals surface area (Å²) in [6.07, 6.45) is 0.204. The number of amides is 2. The van der Waals surface area contributed by atoms with Crippen LogP contribution in [0.2, 0.25) is 0 Å². The van der Waals surface area contributed by atoms with Gasteiger partial charge in [0.15, 0.2) is 6.10 Å². The maximum Gasteiger partial charge on any atom is 0.238 e. The number of fused-ring (bicyclic) bond motifs is 5. The number of hydrogen-bond donors (Lipinski definition) is 0. The van der Waals surface area contributed by atoms with Gasteiger partial charge in [-0.3, -0.25) is 14.4 Å². The lowest BCUT2D eigenvalue weighted by atomic mass is 9.81. The molecule has 5 rings (SSSR count). The number of Topliss-reactive ketones (excluding diaryl/α,β-unsaturated/α-hetero) is 1. The van der Waals surface area contributed by atoms with Gasteiger partial charge >= 0.3 is 0 Å². The Bertz CT molecular complexity index is 1030. The summed E-state index contributed by atoms with van der Waals surface area (Å²) in [5, 5.41) is 0. The van der Waals surface area contributed by atoms with Crippen LogP contribution in [0.1, 0.15) is 23.7 Å². The number of halogens is 2. The number of nitrogens with zero attached hydrogens (tertiary/aromatic N) is 1. The molecule has 1 saturated heterocycles. The molecular weight excluding hydrogens is 526 g/mol. The second kappa shape index (κ2) is 7.85. The molecule has 2 amide bonds. The summed E-state index contributed by atoms with van der Waals surface area (Å²) in [6.45, 7) is 1.70. The Balaban J connectivity index is 1.37. The molecule has 0 spiro atoms. The van der Waals surface area contributed by atoms with Crippen LogP contribution in [0.5, 0.6) is 5.75 Å². The minimum absolute atomic E-state index is 0.128. The molecule has 0 N–H and O–H groups in total. The first-order valence-electron chi connectivity index (χ1n) is 10.4. The quantitative estimate of drug-likeness (QED) is 0.312. The number of ether oxygens (including phenoxy) is 1. The third kappa shape index (κ3) is 3.28. The number of imide groups is 1. The maximum atomic E-state index is 13.2. The SMILES string of the molecule is C[C@@H](Oc1cccc(N2C(=O)[C@H]3[C@@H]4C[C@H]([C@@H](Br)[C@H]4Br)[C@@H]3C2=O)c1)C(=O)c1ccccc1. The number of hydrogen-bond acceptors (Lipinski definition) is 4. The van der Waals surface area contributed by atoms with Crippen LogP contribution in [0.15, 0.2) is 54.6 Å². The van der Waals surface area contributed by atoms with Gasteiger partial charge in [0, 0.05) is 21.3 Å². The molecule has 3 fully saturated rings. The van der Waals surface area contributed by atoms with Crippen LogP contribution in [-0.2, 0) is 9.59 Å². The van der Waals surface area contributed by atoms with E-state index in [4.69, 9.17) is 4.74 Å². The second-order valence-corrected chi connectivity index (χ2v) is 10.6. The number of alkyl halides is 2. The van der Waals surface area contributed by atoms with Gasteiger partial charge in [-0.15, -0.1) is 0 Å². The first-order valence-corrected chi connectivity index (χ1v) is 12.2. The van der Waals surface area contributed by atoms with Gasteiger partial charge in [0.05, 0.1) is 17.5 Å². The van der Waals surface area contributed by atoms with Gasteiger partial charge in [-0.25, -0.2) is 4.90 Å². The van der Waals surface area contributed by atoms with E-state index in [-0.39, 0.29) is 50.9 Å². The predicted octanol–water partition coefficient (Wildman–Crippen LogP) is 4.62. The number of carbonyl (C=O) groups is 3. The number of carbonyl (C=O) groups excluding carboxylic acids is 3. The molecule has 31 heavy (non-hydrogen) atoms. The van der Waals surface area contributed by atoms with Gasteiger partial charge in [-0.2, -0.15) is 0 Å². The van der Waals surface area contributed by atoms with Crippen molar-refractivity contribution in [2.24, 2.45) is 23.7 Å². The molecule has 2 saturated carbocycles. The summed E-state index contributed by atoms with van der Waals surface area (Å²) in [5.74, 6) is -0.122. The van der Waals surface area contributed by atoms with Gasteiger partial charge in [-0.05, 0) is 37.3 Å². The summed E-state index contributed by atoms with van der Waals surface area (Å²) >= 11 is 7.42. The zero-order chi connectivity index (χ0) is 21.9. The zero-order valence-electron chi connectivity index (χ0n) is 16.8. The van der Waals surface area contributed by atoms with E-state index in [9.17, 15) is 14.4 Å². The minimum atomic E-state index is -0.693. The van der Waals surface area contributed by atoms with Crippen LogP contribution in [-0.4, -0.2) is 33.4 Å². The van der Waals surface area contributed by atoms with E-state index in [0.29, 0.717) is 17.0 Å². The van der Waals surface area contributed by atoms with Crippen molar-refractivity contribution in [2.75, 3.05) is 4.90 Å². The van der Waals surface area contributed by atoms with Crippen LogP contribution in [0.25, 0.3) is 0 Å². The summed E-state index contributed by atoms with van der Waals surface area (Å²) in [6, 6.07) is 15.9. The second-order valence-electron chi connectivity index (χ2n) is 8.50. The first kappa shape index (κ1) is 20.9. The fourth-order valence-electron chi connectivity index (χ4n) is 5.39. The van der Waals surface area contributed by atoms with Crippen molar-refractivity contribution in [3.05, 3.63) is 60.2 Å². The number of rotatable bonds is 5. The van der Waals surface area contributed by atoms with E-state index in [2.05, 4.69) is 31.9 Å². The topological polar surface area (TPSA) is 63.7 Å². The van der Waals surface area contributed by atoms with E-state index in [1.807, 2.05) is 18.2 Å².